The number of imide groups is 1. The van der Waals surface area contributed by atoms with Crippen molar-refractivity contribution in [1.29, 1.82) is 0 Å². The smallest absolute Gasteiger partial charge is 0.244 e. The van der Waals surface area contributed by atoms with Gasteiger partial charge in [-0.3, -0.25) is 14.9 Å². The maximum absolute atomic E-state index is 11.3. The van der Waals surface area contributed by atoms with Crippen LogP contribution in [0.4, 0.5) is 0 Å². The molecule has 1 heterocycles. The molecular weight excluding hydrogens is 222 g/mol. The summed E-state index contributed by atoms with van der Waals surface area (Å²) in [7, 11) is -3.53. The van der Waals surface area contributed by atoms with Crippen LogP contribution in [0.2, 0.25) is 0 Å². The molecule has 1 atom stereocenters. The molecule has 0 aromatic heterocycles. The van der Waals surface area contributed by atoms with Gasteiger partial charge in [0.15, 0.2) is 0 Å². The second kappa shape index (κ2) is 4.69. The van der Waals surface area contributed by atoms with Gasteiger partial charge in [-0.05, 0) is 6.42 Å². The Morgan fingerprint density at radius 3 is 2.67 bits per heavy atom. The second-order valence-corrected chi connectivity index (χ2v) is 5.10. The fourth-order valence-corrected chi connectivity index (χ4v) is 2.32. The zero-order valence-corrected chi connectivity index (χ0v) is 8.84. The van der Waals surface area contributed by atoms with E-state index in [9.17, 15) is 18.0 Å². The van der Waals surface area contributed by atoms with E-state index in [1.807, 2.05) is 0 Å². The highest BCUT2D eigenvalue weighted by atomic mass is 32.2. The number of hydrogen-bond acceptors (Lipinski definition) is 5. The highest BCUT2D eigenvalue weighted by Crippen LogP contribution is 2.05. The maximum atomic E-state index is 11.3. The van der Waals surface area contributed by atoms with E-state index in [1.165, 1.54) is 0 Å². The first-order valence-electron chi connectivity index (χ1n) is 4.48. The molecule has 0 aliphatic carbocycles. The molecule has 1 aliphatic heterocycles. The van der Waals surface area contributed by atoms with Crippen LogP contribution < -0.4 is 15.8 Å². The second-order valence-electron chi connectivity index (χ2n) is 3.23. The molecule has 86 valence electrons. The SMILES string of the molecule is NCCS(=O)(=O)NC1CCC(=O)NC1=O. The van der Waals surface area contributed by atoms with Crippen LogP contribution in [0.15, 0.2) is 0 Å². The monoisotopic (exact) mass is 235 g/mol. The molecule has 1 rings (SSSR count). The van der Waals surface area contributed by atoms with Crippen LogP contribution in [0.1, 0.15) is 12.8 Å². The van der Waals surface area contributed by atoms with Crippen LogP contribution >= 0.6 is 0 Å². The number of nitrogens with one attached hydrogen (secondary N) is 2. The van der Waals surface area contributed by atoms with E-state index in [0.29, 0.717) is 0 Å². The fourth-order valence-electron chi connectivity index (χ4n) is 1.24. The number of amides is 2. The third-order valence-corrected chi connectivity index (χ3v) is 3.36. The molecular formula is C7H13N3O4S. The minimum absolute atomic E-state index is 0.0113. The summed E-state index contributed by atoms with van der Waals surface area (Å²) in [6, 6.07) is -0.862. The number of carbonyl (C=O) groups is 2. The quantitative estimate of drug-likeness (QED) is 0.472. The first-order valence-corrected chi connectivity index (χ1v) is 6.13. The van der Waals surface area contributed by atoms with Gasteiger partial charge in [-0.15, -0.1) is 0 Å². The standard InChI is InChI=1S/C7H13N3O4S/c8-3-4-15(13,14)10-5-1-2-6(11)9-7(5)12/h5,10H,1-4,8H2,(H,9,11,12). The molecule has 1 unspecified atom stereocenters. The number of hydrogen-bond donors (Lipinski definition) is 3. The molecule has 1 aliphatic rings. The first kappa shape index (κ1) is 12.1. The summed E-state index contributed by atoms with van der Waals surface area (Å²) in [5, 5.41) is 2.06. The Hall–Kier alpha value is -0.990. The zero-order valence-electron chi connectivity index (χ0n) is 8.02. The van der Waals surface area contributed by atoms with E-state index in [1.54, 1.807) is 0 Å². The highest BCUT2D eigenvalue weighted by Gasteiger charge is 2.29. The van der Waals surface area contributed by atoms with Crippen LogP contribution in [0.25, 0.3) is 0 Å². The zero-order chi connectivity index (χ0) is 11.5. The lowest BCUT2D eigenvalue weighted by atomic mass is 10.1. The molecule has 7 nitrogen and oxygen atoms in total. The van der Waals surface area contributed by atoms with Crippen molar-refractivity contribution in [3.05, 3.63) is 0 Å². The van der Waals surface area contributed by atoms with E-state index in [2.05, 4.69) is 10.0 Å². The van der Waals surface area contributed by atoms with Crippen molar-refractivity contribution in [2.24, 2.45) is 5.73 Å². The molecule has 15 heavy (non-hydrogen) atoms. The number of nitrogens with two attached hydrogens (primary N) is 1. The molecule has 0 saturated carbocycles. The maximum Gasteiger partial charge on any atom is 0.244 e. The van der Waals surface area contributed by atoms with Crippen molar-refractivity contribution >= 4 is 21.8 Å². The van der Waals surface area contributed by atoms with Crippen molar-refractivity contribution in [2.45, 2.75) is 18.9 Å². The third kappa shape index (κ3) is 3.57. The Morgan fingerprint density at radius 1 is 1.47 bits per heavy atom. The van der Waals surface area contributed by atoms with Crippen molar-refractivity contribution in [3.8, 4) is 0 Å². The van der Waals surface area contributed by atoms with Crippen molar-refractivity contribution < 1.29 is 18.0 Å². The third-order valence-electron chi connectivity index (χ3n) is 1.95. The summed E-state index contributed by atoms with van der Waals surface area (Å²) in [5.41, 5.74) is 5.10. The predicted octanol–water partition coefficient (Wildman–Crippen LogP) is -2.33. The average molecular weight is 235 g/mol. The van der Waals surface area contributed by atoms with Gasteiger partial charge in [0, 0.05) is 13.0 Å². The Kier molecular flexibility index (Phi) is 3.77. The van der Waals surface area contributed by atoms with Crippen LogP contribution in [0.5, 0.6) is 0 Å². The van der Waals surface area contributed by atoms with E-state index in [-0.39, 0.29) is 31.0 Å². The van der Waals surface area contributed by atoms with E-state index in [0.717, 1.165) is 0 Å². The minimum Gasteiger partial charge on any atom is -0.329 e. The van der Waals surface area contributed by atoms with Gasteiger partial charge in [0.05, 0.1) is 5.75 Å². The molecule has 4 N–H and O–H groups in total. The highest BCUT2D eigenvalue weighted by molar-refractivity contribution is 7.89. The lowest BCUT2D eigenvalue weighted by Gasteiger charge is -2.21. The molecule has 0 bridgehead atoms. The van der Waals surface area contributed by atoms with Crippen LogP contribution in [0, 0.1) is 0 Å². The first-order chi connectivity index (χ1) is 6.94. The van der Waals surface area contributed by atoms with E-state index in [4.69, 9.17) is 5.73 Å². The molecule has 1 saturated heterocycles. The molecule has 0 aromatic rings. The molecule has 2 amide bonds. The average Bonchev–Trinajstić information content (AvgIpc) is 2.09. The molecule has 0 spiro atoms. The van der Waals surface area contributed by atoms with E-state index < -0.39 is 22.0 Å². The van der Waals surface area contributed by atoms with Gasteiger partial charge in [0.25, 0.3) is 0 Å². The number of carbonyl (C=O) groups excluding carboxylic acids is 2. The lowest BCUT2D eigenvalue weighted by Crippen LogP contribution is -2.52. The molecule has 1 fully saturated rings. The summed E-state index contributed by atoms with van der Waals surface area (Å²) in [6.45, 7) is -0.0113. The normalized spacial score (nSPS) is 22.6. The van der Waals surface area contributed by atoms with Gasteiger partial charge in [-0.25, -0.2) is 13.1 Å². The minimum atomic E-state index is -3.53. The Bertz CT molecular complexity index is 364. The molecule has 0 radical (unpaired) electrons. The number of sulfonamides is 1. The van der Waals surface area contributed by atoms with Gasteiger partial charge in [0.2, 0.25) is 21.8 Å². The summed E-state index contributed by atoms with van der Waals surface area (Å²) in [5.74, 6) is -1.22. The van der Waals surface area contributed by atoms with Gasteiger partial charge in [-0.1, -0.05) is 0 Å². The van der Waals surface area contributed by atoms with Gasteiger partial charge >= 0.3 is 0 Å². The van der Waals surface area contributed by atoms with Gasteiger partial charge in [0.1, 0.15) is 6.04 Å². The molecule has 0 aromatic carbocycles. The topological polar surface area (TPSA) is 118 Å². The Labute approximate surface area is 87.4 Å². The van der Waals surface area contributed by atoms with Crippen molar-refractivity contribution in [3.63, 3.8) is 0 Å². The van der Waals surface area contributed by atoms with E-state index >= 15 is 0 Å². The van der Waals surface area contributed by atoms with Crippen molar-refractivity contribution in [1.82, 2.24) is 10.0 Å². The van der Waals surface area contributed by atoms with Gasteiger partial charge in [-0.2, -0.15) is 0 Å². The predicted molar refractivity (Wildman–Crippen MR) is 52.1 cm³/mol. The van der Waals surface area contributed by atoms with Crippen LogP contribution in [-0.4, -0.2) is 38.6 Å². The fraction of sp³-hybridized carbons (Fsp3) is 0.714. The van der Waals surface area contributed by atoms with Crippen LogP contribution in [0.3, 0.4) is 0 Å². The Balaban J connectivity index is 2.59. The molecule has 8 heteroatoms. The number of piperidine rings is 1. The van der Waals surface area contributed by atoms with Crippen molar-refractivity contribution in [2.75, 3.05) is 12.3 Å². The van der Waals surface area contributed by atoms with Crippen LogP contribution in [-0.2, 0) is 19.6 Å². The van der Waals surface area contributed by atoms with Gasteiger partial charge < -0.3 is 5.73 Å². The summed E-state index contributed by atoms with van der Waals surface area (Å²) in [6.07, 6.45) is 0.329. The summed E-state index contributed by atoms with van der Waals surface area (Å²) in [4.78, 5) is 22.0. The lowest BCUT2D eigenvalue weighted by molar-refractivity contribution is -0.134. The largest absolute Gasteiger partial charge is 0.329 e. The summed E-state index contributed by atoms with van der Waals surface area (Å²) >= 11 is 0. The summed E-state index contributed by atoms with van der Waals surface area (Å²) < 4.78 is 24.7. The Morgan fingerprint density at radius 2 is 2.13 bits per heavy atom. The number of rotatable bonds is 4.